The SMILES string of the molecule is CC(N)(OC(C)(N)C(=O)O)C(=O)O. The summed E-state index contributed by atoms with van der Waals surface area (Å²) in [4.78, 5) is 20.8. The third kappa shape index (κ3) is 2.98. The van der Waals surface area contributed by atoms with Crippen molar-refractivity contribution in [3.63, 3.8) is 0 Å². The van der Waals surface area contributed by atoms with Gasteiger partial charge < -0.3 is 14.9 Å². The average molecular weight is 192 g/mol. The van der Waals surface area contributed by atoms with Crippen molar-refractivity contribution in [3.8, 4) is 0 Å². The summed E-state index contributed by atoms with van der Waals surface area (Å²) in [5.41, 5.74) is 5.99. The number of nitrogens with two attached hydrogens (primary N) is 2. The molecule has 0 bridgehead atoms. The molecule has 0 amide bonds. The van der Waals surface area contributed by atoms with Crippen molar-refractivity contribution in [3.05, 3.63) is 0 Å². The Morgan fingerprint density at radius 3 is 1.46 bits per heavy atom. The maximum atomic E-state index is 10.4. The Hall–Kier alpha value is -1.18. The molecule has 0 spiro atoms. The van der Waals surface area contributed by atoms with E-state index in [1.165, 1.54) is 0 Å². The summed E-state index contributed by atoms with van der Waals surface area (Å²) in [5, 5.41) is 17.0. The molecule has 0 aromatic rings. The number of carboxylic acids is 2. The highest BCUT2D eigenvalue weighted by molar-refractivity contribution is 5.79. The second-order valence-electron chi connectivity index (χ2n) is 2.93. The fourth-order valence-electron chi connectivity index (χ4n) is 0.528. The summed E-state index contributed by atoms with van der Waals surface area (Å²) in [5.74, 6) is -2.99. The number of rotatable bonds is 4. The van der Waals surface area contributed by atoms with Crippen LogP contribution < -0.4 is 11.5 Å². The minimum atomic E-state index is -2.12. The highest BCUT2D eigenvalue weighted by Gasteiger charge is 2.41. The van der Waals surface area contributed by atoms with Gasteiger partial charge in [0.15, 0.2) is 0 Å². The molecule has 6 N–H and O–H groups in total. The largest absolute Gasteiger partial charge is 0.478 e. The number of aliphatic carboxylic acids is 2. The third-order valence-electron chi connectivity index (χ3n) is 1.27. The number of carbonyl (C=O) groups is 2. The number of ether oxygens (including phenoxy) is 1. The van der Waals surface area contributed by atoms with Crippen molar-refractivity contribution in [2.45, 2.75) is 25.3 Å². The van der Waals surface area contributed by atoms with Crippen LogP contribution in [-0.4, -0.2) is 33.6 Å². The van der Waals surface area contributed by atoms with Crippen molar-refractivity contribution in [2.75, 3.05) is 0 Å². The van der Waals surface area contributed by atoms with Gasteiger partial charge >= 0.3 is 11.9 Å². The third-order valence-corrected chi connectivity index (χ3v) is 1.27. The van der Waals surface area contributed by atoms with E-state index in [-0.39, 0.29) is 0 Å². The first-order valence-corrected chi connectivity index (χ1v) is 3.34. The minimum absolute atomic E-state index is 1.00. The molecule has 0 aliphatic rings. The van der Waals surface area contributed by atoms with Gasteiger partial charge in [0.25, 0.3) is 0 Å². The smallest absolute Gasteiger partial charge is 0.350 e. The van der Waals surface area contributed by atoms with Crippen molar-refractivity contribution in [1.82, 2.24) is 0 Å². The van der Waals surface area contributed by atoms with Crippen LogP contribution in [0.15, 0.2) is 0 Å². The van der Waals surface area contributed by atoms with Gasteiger partial charge in [-0.05, 0) is 13.8 Å². The number of hydrogen-bond donors (Lipinski definition) is 4. The molecule has 0 rings (SSSR count). The van der Waals surface area contributed by atoms with Gasteiger partial charge in [0, 0.05) is 0 Å². The highest BCUT2D eigenvalue weighted by atomic mass is 16.6. The summed E-state index contributed by atoms with van der Waals surface area (Å²) in [6, 6.07) is 0. The van der Waals surface area contributed by atoms with E-state index in [9.17, 15) is 9.59 Å². The summed E-state index contributed by atoms with van der Waals surface area (Å²) in [6.07, 6.45) is 0. The molecule has 0 saturated heterocycles. The van der Waals surface area contributed by atoms with Gasteiger partial charge in [-0.1, -0.05) is 0 Å². The van der Waals surface area contributed by atoms with E-state index in [2.05, 4.69) is 4.74 Å². The summed E-state index contributed by atoms with van der Waals surface area (Å²) < 4.78 is 4.50. The molecule has 0 heterocycles. The normalized spacial score (nSPS) is 20.0. The second kappa shape index (κ2) is 3.29. The van der Waals surface area contributed by atoms with Crippen LogP contribution in [-0.2, 0) is 14.3 Å². The van der Waals surface area contributed by atoms with E-state index in [1.54, 1.807) is 0 Å². The molecular weight excluding hydrogens is 180 g/mol. The zero-order valence-electron chi connectivity index (χ0n) is 7.27. The Morgan fingerprint density at radius 1 is 1.08 bits per heavy atom. The molecule has 2 atom stereocenters. The Balaban J connectivity index is 4.61. The molecule has 76 valence electrons. The fourth-order valence-corrected chi connectivity index (χ4v) is 0.528. The molecule has 0 aromatic carbocycles. The van der Waals surface area contributed by atoms with E-state index >= 15 is 0 Å². The van der Waals surface area contributed by atoms with Crippen LogP contribution in [0.5, 0.6) is 0 Å². The van der Waals surface area contributed by atoms with Gasteiger partial charge in [-0.2, -0.15) is 0 Å². The topological polar surface area (TPSA) is 136 Å². The van der Waals surface area contributed by atoms with Gasteiger partial charge in [0.1, 0.15) is 0 Å². The van der Waals surface area contributed by atoms with Gasteiger partial charge in [-0.15, -0.1) is 0 Å². The standard InChI is InChI=1S/C6H12N2O5/c1-5(7,3(9)10)13-6(2,8)4(11)12/h7-8H2,1-2H3,(H,9,10)(H,11,12). The first kappa shape index (κ1) is 11.8. The Morgan fingerprint density at radius 2 is 1.31 bits per heavy atom. The zero-order chi connectivity index (χ0) is 10.9. The van der Waals surface area contributed by atoms with Crippen LogP contribution in [0.4, 0.5) is 0 Å². The predicted molar refractivity (Wildman–Crippen MR) is 41.5 cm³/mol. The highest BCUT2D eigenvalue weighted by Crippen LogP contribution is 2.12. The van der Waals surface area contributed by atoms with Crippen LogP contribution in [0.1, 0.15) is 13.8 Å². The molecule has 13 heavy (non-hydrogen) atoms. The van der Waals surface area contributed by atoms with Crippen LogP contribution in [0.2, 0.25) is 0 Å². The molecule has 0 aliphatic heterocycles. The zero-order valence-corrected chi connectivity index (χ0v) is 7.27. The van der Waals surface area contributed by atoms with Crippen LogP contribution in [0.3, 0.4) is 0 Å². The summed E-state index contributed by atoms with van der Waals surface area (Å²) in [7, 11) is 0. The lowest BCUT2D eigenvalue weighted by molar-refractivity contribution is -0.196. The first-order chi connectivity index (χ1) is 5.59. The molecule has 0 fully saturated rings. The van der Waals surface area contributed by atoms with Crippen LogP contribution in [0, 0.1) is 0 Å². The lowest BCUT2D eigenvalue weighted by atomic mass is 10.2. The Bertz CT molecular complexity index is 211. The van der Waals surface area contributed by atoms with E-state index in [0.717, 1.165) is 13.8 Å². The van der Waals surface area contributed by atoms with Crippen molar-refractivity contribution in [2.24, 2.45) is 11.5 Å². The van der Waals surface area contributed by atoms with Crippen LogP contribution >= 0.6 is 0 Å². The first-order valence-electron chi connectivity index (χ1n) is 3.34. The summed E-state index contributed by atoms with van der Waals surface area (Å²) in [6.45, 7) is 2.01. The van der Waals surface area contributed by atoms with Gasteiger partial charge in [-0.3, -0.25) is 11.5 Å². The maximum absolute atomic E-state index is 10.4. The van der Waals surface area contributed by atoms with Gasteiger partial charge in [0.05, 0.1) is 0 Å². The van der Waals surface area contributed by atoms with E-state index < -0.39 is 23.4 Å². The predicted octanol–water partition coefficient (Wildman–Crippen LogP) is -1.48. The molecule has 2 unspecified atom stereocenters. The lowest BCUT2D eigenvalue weighted by Gasteiger charge is -2.28. The number of carboxylic acid groups (broad SMARTS) is 2. The molecule has 7 heteroatoms. The van der Waals surface area contributed by atoms with Gasteiger partial charge in [0.2, 0.25) is 11.4 Å². The summed E-state index contributed by atoms with van der Waals surface area (Å²) >= 11 is 0. The van der Waals surface area contributed by atoms with E-state index in [0.29, 0.717) is 0 Å². The van der Waals surface area contributed by atoms with E-state index in [4.69, 9.17) is 21.7 Å². The number of hydrogen-bond acceptors (Lipinski definition) is 5. The molecule has 7 nitrogen and oxygen atoms in total. The van der Waals surface area contributed by atoms with E-state index in [1.807, 2.05) is 0 Å². The monoisotopic (exact) mass is 192 g/mol. The fraction of sp³-hybridized carbons (Fsp3) is 0.667. The van der Waals surface area contributed by atoms with Crippen molar-refractivity contribution < 1.29 is 24.5 Å². The molecular formula is C6H12N2O5. The maximum Gasteiger partial charge on any atom is 0.350 e. The Labute approximate surface area is 74.3 Å². The van der Waals surface area contributed by atoms with Crippen LogP contribution in [0.25, 0.3) is 0 Å². The minimum Gasteiger partial charge on any atom is -0.478 e. The van der Waals surface area contributed by atoms with Gasteiger partial charge in [-0.25, -0.2) is 9.59 Å². The average Bonchev–Trinajstić information content (AvgIpc) is 1.83. The molecule has 0 aromatic heterocycles. The lowest BCUT2D eigenvalue weighted by Crippen LogP contribution is -2.59. The quantitative estimate of drug-likeness (QED) is 0.399. The molecule has 0 saturated carbocycles. The van der Waals surface area contributed by atoms with Crippen molar-refractivity contribution in [1.29, 1.82) is 0 Å². The van der Waals surface area contributed by atoms with Crippen molar-refractivity contribution >= 4 is 11.9 Å². The molecule has 0 aliphatic carbocycles. The second-order valence-corrected chi connectivity index (χ2v) is 2.93. The molecule has 0 radical (unpaired) electrons. The Kier molecular flexibility index (Phi) is 2.99.